The third-order valence-corrected chi connectivity index (χ3v) is 5.95. The van der Waals surface area contributed by atoms with Crippen LogP contribution in [0.25, 0.3) is 0 Å². The molecule has 1 aliphatic heterocycles. The van der Waals surface area contributed by atoms with Gasteiger partial charge in [-0.05, 0) is 41.0 Å². The highest BCUT2D eigenvalue weighted by atomic mass is 35.5. The average molecular weight is 494 g/mol. The summed E-state index contributed by atoms with van der Waals surface area (Å²) < 4.78 is 0. The van der Waals surface area contributed by atoms with Crippen LogP contribution in [-0.2, 0) is 29.2 Å². The first kappa shape index (κ1) is 23.5. The normalized spacial score (nSPS) is 13.4. The molecule has 2 N–H and O–H groups in total. The quantitative estimate of drug-likeness (QED) is 0.456. The zero-order chi connectivity index (χ0) is 24.1. The van der Waals surface area contributed by atoms with Crippen molar-refractivity contribution in [3.8, 4) is 0 Å². The van der Waals surface area contributed by atoms with Crippen molar-refractivity contribution in [3.63, 3.8) is 0 Å². The fourth-order valence-corrected chi connectivity index (χ4v) is 3.84. The molecule has 3 aromatic rings. The van der Waals surface area contributed by atoms with E-state index in [0.717, 1.165) is 21.6 Å². The first-order chi connectivity index (χ1) is 16.4. The fourth-order valence-electron chi connectivity index (χ4n) is 3.46. The lowest BCUT2D eigenvalue weighted by molar-refractivity contribution is -0.138. The molecular formula is C26H21Cl2N3O3. The SMILES string of the molecule is O=C(NCc1ccc(Cl)cc1)c1ccc(CNC2=C(Cl)C(=O)N(Cc3ccccc3)C2=O)cc1. The van der Waals surface area contributed by atoms with Crippen molar-refractivity contribution in [2.45, 2.75) is 19.6 Å². The van der Waals surface area contributed by atoms with E-state index >= 15 is 0 Å². The lowest BCUT2D eigenvalue weighted by Gasteiger charge is -2.15. The van der Waals surface area contributed by atoms with Crippen molar-refractivity contribution in [1.82, 2.24) is 15.5 Å². The number of nitrogens with zero attached hydrogens (tertiary/aromatic N) is 1. The second-order valence-electron chi connectivity index (χ2n) is 7.73. The van der Waals surface area contributed by atoms with Crippen LogP contribution in [0.5, 0.6) is 0 Å². The zero-order valence-corrected chi connectivity index (χ0v) is 19.6. The highest BCUT2D eigenvalue weighted by Crippen LogP contribution is 2.24. The summed E-state index contributed by atoms with van der Waals surface area (Å²) in [5.41, 5.74) is 3.19. The van der Waals surface area contributed by atoms with Gasteiger partial charge in [0.25, 0.3) is 17.7 Å². The number of imide groups is 1. The molecule has 0 spiro atoms. The average Bonchev–Trinajstić information content (AvgIpc) is 3.06. The van der Waals surface area contributed by atoms with Gasteiger partial charge in [0.15, 0.2) is 0 Å². The number of carbonyl (C=O) groups excluding carboxylic acids is 3. The number of hydrogen-bond acceptors (Lipinski definition) is 4. The Morgan fingerprint density at radius 3 is 2.03 bits per heavy atom. The maximum absolute atomic E-state index is 12.7. The summed E-state index contributed by atoms with van der Waals surface area (Å²) in [7, 11) is 0. The Morgan fingerprint density at radius 1 is 0.735 bits per heavy atom. The van der Waals surface area contributed by atoms with Crippen LogP contribution in [0.3, 0.4) is 0 Å². The molecule has 0 bridgehead atoms. The molecule has 0 atom stereocenters. The van der Waals surface area contributed by atoms with Crippen LogP contribution >= 0.6 is 23.2 Å². The van der Waals surface area contributed by atoms with E-state index in [4.69, 9.17) is 23.2 Å². The van der Waals surface area contributed by atoms with Crippen molar-refractivity contribution < 1.29 is 14.4 Å². The van der Waals surface area contributed by atoms with Crippen molar-refractivity contribution in [2.75, 3.05) is 0 Å². The van der Waals surface area contributed by atoms with Gasteiger partial charge in [-0.15, -0.1) is 0 Å². The monoisotopic (exact) mass is 493 g/mol. The maximum atomic E-state index is 12.7. The van der Waals surface area contributed by atoms with Gasteiger partial charge >= 0.3 is 0 Å². The lowest BCUT2D eigenvalue weighted by Crippen LogP contribution is -2.33. The second-order valence-corrected chi connectivity index (χ2v) is 8.55. The first-order valence-electron chi connectivity index (χ1n) is 10.6. The number of amides is 3. The third kappa shape index (κ3) is 5.47. The largest absolute Gasteiger partial charge is 0.375 e. The van der Waals surface area contributed by atoms with E-state index in [1.165, 1.54) is 0 Å². The predicted octanol–water partition coefficient (Wildman–Crippen LogP) is 4.38. The van der Waals surface area contributed by atoms with Gasteiger partial charge in [-0.25, -0.2) is 0 Å². The zero-order valence-electron chi connectivity index (χ0n) is 18.1. The van der Waals surface area contributed by atoms with E-state index in [1.54, 1.807) is 36.4 Å². The van der Waals surface area contributed by atoms with Crippen molar-refractivity contribution in [1.29, 1.82) is 0 Å². The van der Waals surface area contributed by atoms with Crippen LogP contribution in [0.15, 0.2) is 89.6 Å². The summed E-state index contributed by atoms with van der Waals surface area (Å²) in [6.07, 6.45) is 0. The van der Waals surface area contributed by atoms with Crippen LogP contribution in [0.1, 0.15) is 27.0 Å². The molecule has 3 amide bonds. The molecule has 1 aliphatic rings. The molecule has 3 aromatic carbocycles. The Labute approximate surface area is 207 Å². The van der Waals surface area contributed by atoms with Gasteiger partial charge in [-0.1, -0.05) is 77.8 Å². The number of benzene rings is 3. The third-order valence-electron chi connectivity index (χ3n) is 5.35. The molecule has 8 heteroatoms. The van der Waals surface area contributed by atoms with E-state index in [1.807, 2.05) is 42.5 Å². The number of carbonyl (C=O) groups is 3. The van der Waals surface area contributed by atoms with E-state index in [2.05, 4.69) is 10.6 Å². The van der Waals surface area contributed by atoms with Crippen LogP contribution in [-0.4, -0.2) is 22.6 Å². The Morgan fingerprint density at radius 2 is 1.35 bits per heavy atom. The molecule has 0 saturated heterocycles. The van der Waals surface area contributed by atoms with E-state index in [-0.39, 0.29) is 29.7 Å². The van der Waals surface area contributed by atoms with Crippen LogP contribution in [0.4, 0.5) is 0 Å². The fraction of sp³-hybridized carbons (Fsp3) is 0.115. The van der Waals surface area contributed by atoms with Gasteiger partial charge < -0.3 is 10.6 Å². The predicted molar refractivity (Wildman–Crippen MR) is 131 cm³/mol. The smallest absolute Gasteiger partial charge is 0.278 e. The Balaban J connectivity index is 1.32. The highest BCUT2D eigenvalue weighted by molar-refractivity contribution is 6.47. The van der Waals surface area contributed by atoms with Crippen LogP contribution < -0.4 is 10.6 Å². The van der Waals surface area contributed by atoms with Gasteiger partial charge in [0.2, 0.25) is 0 Å². The molecule has 4 rings (SSSR count). The molecule has 1 heterocycles. The molecule has 172 valence electrons. The summed E-state index contributed by atoms with van der Waals surface area (Å²) in [5, 5.41) is 6.35. The van der Waals surface area contributed by atoms with Crippen molar-refractivity contribution in [3.05, 3.63) is 117 Å². The van der Waals surface area contributed by atoms with E-state index < -0.39 is 11.8 Å². The van der Waals surface area contributed by atoms with Crippen molar-refractivity contribution >= 4 is 40.9 Å². The minimum absolute atomic E-state index is 0.0763. The number of hydrogen-bond donors (Lipinski definition) is 2. The summed E-state index contributed by atoms with van der Waals surface area (Å²) in [5.74, 6) is -1.18. The summed E-state index contributed by atoms with van der Waals surface area (Å²) in [6, 6.07) is 23.5. The van der Waals surface area contributed by atoms with Crippen LogP contribution in [0.2, 0.25) is 5.02 Å². The molecular weight excluding hydrogens is 473 g/mol. The first-order valence-corrected chi connectivity index (χ1v) is 11.3. The molecule has 0 aromatic heterocycles. The number of rotatable bonds is 8. The molecule has 0 radical (unpaired) electrons. The van der Waals surface area contributed by atoms with E-state index in [9.17, 15) is 14.4 Å². The van der Waals surface area contributed by atoms with Gasteiger partial charge in [0.05, 0.1) is 6.54 Å². The van der Waals surface area contributed by atoms with Gasteiger partial charge in [0.1, 0.15) is 10.7 Å². The minimum atomic E-state index is -0.522. The second kappa shape index (κ2) is 10.5. The topological polar surface area (TPSA) is 78.5 Å². The van der Waals surface area contributed by atoms with Gasteiger partial charge in [-0.2, -0.15) is 0 Å². The standard InChI is InChI=1S/C26H21Cl2N3O3/c27-21-12-8-18(9-13-21)15-30-24(32)20-10-6-17(7-11-20)14-29-23-22(28)25(33)31(26(23)34)16-19-4-2-1-3-5-19/h1-13,29H,14-16H2,(H,30,32). The number of halogens is 2. The van der Waals surface area contributed by atoms with Gasteiger partial charge in [-0.3, -0.25) is 19.3 Å². The highest BCUT2D eigenvalue weighted by Gasteiger charge is 2.37. The molecule has 0 aliphatic carbocycles. The maximum Gasteiger partial charge on any atom is 0.278 e. The summed E-state index contributed by atoms with van der Waals surface area (Å²) in [6.45, 7) is 0.817. The Hall–Kier alpha value is -3.61. The Kier molecular flexibility index (Phi) is 7.30. The van der Waals surface area contributed by atoms with E-state index in [0.29, 0.717) is 17.1 Å². The Bertz CT molecular complexity index is 1240. The molecule has 0 unspecified atom stereocenters. The molecule has 0 fully saturated rings. The van der Waals surface area contributed by atoms with Crippen LogP contribution in [0, 0.1) is 0 Å². The molecule has 6 nitrogen and oxygen atoms in total. The molecule has 0 saturated carbocycles. The van der Waals surface area contributed by atoms with Crippen molar-refractivity contribution in [2.24, 2.45) is 0 Å². The number of nitrogens with one attached hydrogen (secondary N) is 2. The lowest BCUT2D eigenvalue weighted by atomic mass is 10.1. The van der Waals surface area contributed by atoms with Gasteiger partial charge in [0, 0.05) is 23.7 Å². The minimum Gasteiger partial charge on any atom is -0.375 e. The molecule has 34 heavy (non-hydrogen) atoms. The summed E-state index contributed by atoms with van der Waals surface area (Å²) in [4.78, 5) is 38.7. The summed E-state index contributed by atoms with van der Waals surface area (Å²) >= 11 is 12.0.